The first-order valence-corrected chi connectivity index (χ1v) is 8.84. The molecule has 8 heteroatoms. The zero-order valence-electron chi connectivity index (χ0n) is 14.0. The fraction of sp³-hybridized carbons (Fsp3) is 0.444. The predicted octanol–water partition coefficient (Wildman–Crippen LogP) is 1.45. The van der Waals surface area contributed by atoms with Crippen LogP contribution in [-0.4, -0.2) is 41.6 Å². The molecule has 0 radical (unpaired) electrons. The number of hydrogen-bond donors (Lipinski definition) is 2. The maximum atomic E-state index is 14.7. The quantitative estimate of drug-likeness (QED) is 0.796. The van der Waals surface area contributed by atoms with Crippen molar-refractivity contribution in [3.8, 4) is 0 Å². The first kappa shape index (κ1) is 15.7. The molecule has 2 aromatic rings. The van der Waals surface area contributed by atoms with Crippen LogP contribution in [0.15, 0.2) is 18.5 Å². The summed E-state index contributed by atoms with van der Waals surface area (Å²) >= 11 is 0. The molecule has 136 valence electrons. The Morgan fingerprint density at radius 1 is 1.12 bits per heavy atom. The first-order valence-electron chi connectivity index (χ1n) is 8.84. The lowest BCUT2D eigenvalue weighted by atomic mass is 10.1. The molecular formula is C18H18F2N4O2. The van der Waals surface area contributed by atoms with Crippen LogP contribution in [-0.2, 0) is 9.59 Å². The zero-order chi connectivity index (χ0) is 18.0. The van der Waals surface area contributed by atoms with Gasteiger partial charge >= 0.3 is 0 Å². The van der Waals surface area contributed by atoms with Crippen molar-refractivity contribution >= 4 is 28.3 Å². The van der Waals surface area contributed by atoms with Gasteiger partial charge in [0.25, 0.3) is 0 Å². The van der Waals surface area contributed by atoms with E-state index in [0.717, 1.165) is 19.0 Å². The van der Waals surface area contributed by atoms with Crippen molar-refractivity contribution in [3.05, 3.63) is 30.1 Å². The molecule has 26 heavy (non-hydrogen) atoms. The number of halogens is 2. The minimum absolute atomic E-state index is 0.196. The third kappa shape index (κ3) is 2.25. The SMILES string of the molecule is O=C1CCC(n2cc3c(F)cc(F)c(N4CC5CC4CN5)c3c2)C(=O)N1. The van der Waals surface area contributed by atoms with E-state index in [1.165, 1.54) is 0 Å². The van der Waals surface area contributed by atoms with Gasteiger partial charge in [-0.2, -0.15) is 0 Å². The molecule has 3 atom stereocenters. The van der Waals surface area contributed by atoms with Gasteiger partial charge in [-0.25, -0.2) is 8.78 Å². The number of benzene rings is 1. The average Bonchev–Trinajstić information content (AvgIpc) is 3.30. The lowest BCUT2D eigenvalue weighted by molar-refractivity contribution is -0.135. The summed E-state index contributed by atoms with van der Waals surface area (Å²) in [6.07, 6.45) is 4.71. The molecule has 2 amide bonds. The van der Waals surface area contributed by atoms with Gasteiger partial charge < -0.3 is 14.8 Å². The lowest BCUT2D eigenvalue weighted by Gasteiger charge is -2.30. The van der Waals surface area contributed by atoms with Gasteiger partial charge in [0, 0.05) is 60.8 Å². The van der Waals surface area contributed by atoms with Crippen molar-refractivity contribution in [1.29, 1.82) is 0 Å². The maximum absolute atomic E-state index is 14.7. The van der Waals surface area contributed by atoms with Crippen molar-refractivity contribution < 1.29 is 18.4 Å². The van der Waals surface area contributed by atoms with Crippen molar-refractivity contribution in [2.24, 2.45) is 0 Å². The second kappa shape index (κ2) is 5.51. The van der Waals surface area contributed by atoms with Crippen LogP contribution >= 0.6 is 0 Å². The molecule has 3 aliphatic heterocycles. The number of anilines is 1. The summed E-state index contributed by atoms with van der Waals surface area (Å²) in [5, 5.41) is 6.44. The maximum Gasteiger partial charge on any atom is 0.249 e. The molecule has 3 saturated heterocycles. The van der Waals surface area contributed by atoms with Crippen molar-refractivity contribution in [3.63, 3.8) is 0 Å². The van der Waals surface area contributed by atoms with Gasteiger partial charge in [-0.3, -0.25) is 14.9 Å². The number of nitrogens with one attached hydrogen (secondary N) is 2. The normalized spacial score (nSPS) is 28.2. The number of fused-ring (bicyclic) bond motifs is 3. The molecule has 2 N–H and O–H groups in total. The molecule has 4 heterocycles. The largest absolute Gasteiger partial charge is 0.363 e. The highest BCUT2D eigenvalue weighted by atomic mass is 19.1. The molecule has 0 saturated carbocycles. The van der Waals surface area contributed by atoms with Crippen LogP contribution in [0.5, 0.6) is 0 Å². The van der Waals surface area contributed by atoms with Crippen molar-refractivity contribution in [2.75, 3.05) is 18.0 Å². The Morgan fingerprint density at radius 2 is 1.92 bits per heavy atom. The topological polar surface area (TPSA) is 66.4 Å². The Hall–Kier alpha value is -2.48. The Morgan fingerprint density at radius 3 is 2.62 bits per heavy atom. The summed E-state index contributed by atoms with van der Waals surface area (Å²) in [7, 11) is 0. The number of rotatable bonds is 2. The standard InChI is InChI=1S/C18H18F2N4O2/c19-13-4-14(20)17(24-6-9-3-10(24)5-21-9)12-8-23(7-11(12)13)15-1-2-16(25)22-18(15)26/h4,7-10,15,21H,1-3,5-6H2,(H,22,25,26). The molecule has 2 bridgehead atoms. The Labute approximate surface area is 148 Å². The summed E-state index contributed by atoms with van der Waals surface area (Å²) in [4.78, 5) is 25.5. The van der Waals surface area contributed by atoms with Crippen LogP contribution in [0.2, 0.25) is 0 Å². The zero-order valence-corrected chi connectivity index (χ0v) is 14.0. The van der Waals surface area contributed by atoms with E-state index >= 15 is 0 Å². The number of carbonyl (C=O) groups is 2. The Kier molecular flexibility index (Phi) is 3.34. The minimum atomic E-state index is -0.644. The highest BCUT2D eigenvalue weighted by Gasteiger charge is 2.40. The molecule has 1 aromatic carbocycles. The molecule has 3 unspecified atom stereocenters. The average molecular weight is 360 g/mol. The van der Waals surface area contributed by atoms with E-state index in [-0.39, 0.29) is 18.4 Å². The van der Waals surface area contributed by atoms with Gasteiger partial charge in [0.1, 0.15) is 17.7 Å². The van der Waals surface area contributed by atoms with Crippen LogP contribution in [0, 0.1) is 11.6 Å². The number of piperidine rings is 1. The van der Waals surface area contributed by atoms with Gasteiger partial charge in [-0.1, -0.05) is 0 Å². The number of imide groups is 1. The number of carbonyl (C=O) groups excluding carboxylic acids is 2. The fourth-order valence-electron chi connectivity index (χ4n) is 4.51. The fourth-order valence-corrected chi connectivity index (χ4v) is 4.51. The third-order valence-electron chi connectivity index (χ3n) is 5.75. The monoisotopic (exact) mass is 360 g/mol. The molecule has 6 nitrogen and oxygen atoms in total. The summed E-state index contributed by atoms with van der Waals surface area (Å²) in [5.74, 6) is -1.94. The van der Waals surface area contributed by atoms with Crippen LogP contribution < -0.4 is 15.5 Å². The molecule has 1 aromatic heterocycles. The van der Waals surface area contributed by atoms with Crippen molar-refractivity contribution in [1.82, 2.24) is 15.2 Å². The highest BCUT2D eigenvalue weighted by Crippen LogP contribution is 2.39. The Bertz CT molecular complexity index is 941. The molecule has 3 aliphatic rings. The van der Waals surface area contributed by atoms with E-state index < -0.39 is 23.6 Å². The molecule has 3 fully saturated rings. The number of piperazine rings is 1. The summed E-state index contributed by atoms with van der Waals surface area (Å²) in [5.41, 5.74) is 0.404. The molecule has 0 aliphatic carbocycles. The van der Waals surface area contributed by atoms with E-state index in [1.54, 1.807) is 17.0 Å². The van der Waals surface area contributed by atoms with E-state index in [1.807, 2.05) is 4.90 Å². The van der Waals surface area contributed by atoms with Crippen LogP contribution in [0.25, 0.3) is 10.8 Å². The summed E-state index contributed by atoms with van der Waals surface area (Å²) < 4.78 is 30.7. The van der Waals surface area contributed by atoms with Crippen LogP contribution in [0.4, 0.5) is 14.5 Å². The van der Waals surface area contributed by atoms with Crippen LogP contribution in [0.3, 0.4) is 0 Å². The van der Waals surface area contributed by atoms with E-state index in [0.29, 0.717) is 35.5 Å². The van der Waals surface area contributed by atoms with Gasteiger partial charge in [0.15, 0.2) is 0 Å². The molecular weight excluding hydrogens is 342 g/mol. The van der Waals surface area contributed by atoms with Crippen LogP contribution in [0.1, 0.15) is 25.3 Å². The number of amides is 2. The first-order chi connectivity index (χ1) is 12.5. The summed E-state index contributed by atoms with van der Waals surface area (Å²) in [6.45, 7) is 1.47. The second-order valence-electron chi connectivity index (χ2n) is 7.34. The molecule has 0 spiro atoms. The molecule has 5 rings (SSSR count). The second-order valence-corrected chi connectivity index (χ2v) is 7.34. The predicted molar refractivity (Wildman–Crippen MR) is 90.8 cm³/mol. The lowest BCUT2D eigenvalue weighted by Crippen LogP contribution is -2.44. The van der Waals surface area contributed by atoms with Gasteiger partial charge in [-0.15, -0.1) is 0 Å². The number of nitrogens with zero attached hydrogens (tertiary/aromatic N) is 2. The van der Waals surface area contributed by atoms with E-state index in [9.17, 15) is 18.4 Å². The van der Waals surface area contributed by atoms with Crippen molar-refractivity contribution in [2.45, 2.75) is 37.4 Å². The number of hydrogen-bond acceptors (Lipinski definition) is 4. The minimum Gasteiger partial charge on any atom is -0.363 e. The third-order valence-corrected chi connectivity index (χ3v) is 5.75. The van der Waals surface area contributed by atoms with E-state index in [2.05, 4.69) is 10.6 Å². The van der Waals surface area contributed by atoms with Gasteiger partial charge in [0.2, 0.25) is 11.8 Å². The van der Waals surface area contributed by atoms with Gasteiger partial charge in [0.05, 0.1) is 5.69 Å². The smallest absolute Gasteiger partial charge is 0.249 e. The van der Waals surface area contributed by atoms with Gasteiger partial charge in [-0.05, 0) is 12.8 Å². The Balaban J connectivity index is 1.61. The summed E-state index contributed by atoms with van der Waals surface area (Å²) in [6, 6.07) is 0.859. The highest BCUT2D eigenvalue weighted by molar-refractivity contribution is 6.00. The number of aromatic nitrogens is 1. The van der Waals surface area contributed by atoms with E-state index in [4.69, 9.17) is 0 Å².